The van der Waals surface area contributed by atoms with Crippen molar-refractivity contribution in [3.8, 4) is 0 Å². The SMILES string of the molecule is CCCCc1cnc(BC(c2ccccc2)c2ccccc2)n1CCC1OCCO1. The first-order chi connectivity index (χ1) is 14.8. The normalized spacial score (nSPS) is 14.5. The van der Waals surface area contributed by atoms with Crippen molar-refractivity contribution >= 4 is 13.0 Å². The van der Waals surface area contributed by atoms with Crippen LogP contribution in [-0.2, 0) is 22.4 Å². The average molecular weight is 402 g/mol. The van der Waals surface area contributed by atoms with Gasteiger partial charge in [-0.05, 0) is 29.8 Å². The highest BCUT2D eigenvalue weighted by Gasteiger charge is 2.22. The molecule has 0 atom stereocenters. The van der Waals surface area contributed by atoms with Crippen LogP contribution >= 0.6 is 0 Å². The van der Waals surface area contributed by atoms with Gasteiger partial charge in [-0.3, -0.25) is 4.98 Å². The Morgan fingerprint density at radius 2 is 1.63 bits per heavy atom. The van der Waals surface area contributed by atoms with Crippen LogP contribution in [0, 0.1) is 0 Å². The predicted octanol–water partition coefficient (Wildman–Crippen LogP) is 3.84. The van der Waals surface area contributed by atoms with E-state index in [-0.39, 0.29) is 12.1 Å². The van der Waals surface area contributed by atoms with Crippen LogP contribution in [-0.4, -0.2) is 36.3 Å². The lowest BCUT2D eigenvalue weighted by molar-refractivity contribution is -0.0490. The highest BCUT2D eigenvalue weighted by Crippen LogP contribution is 2.23. The minimum Gasteiger partial charge on any atom is -0.350 e. The monoisotopic (exact) mass is 402 g/mol. The van der Waals surface area contributed by atoms with E-state index < -0.39 is 0 Å². The van der Waals surface area contributed by atoms with E-state index in [0.29, 0.717) is 13.2 Å². The van der Waals surface area contributed by atoms with Crippen LogP contribution in [0.15, 0.2) is 66.9 Å². The van der Waals surface area contributed by atoms with Gasteiger partial charge in [0.1, 0.15) is 0 Å². The second-order valence-corrected chi connectivity index (χ2v) is 7.96. The van der Waals surface area contributed by atoms with Gasteiger partial charge in [-0.15, -0.1) is 0 Å². The standard InChI is InChI=1S/C25H31BN2O2/c1-2-3-14-22-19-27-25(28(22)16-15-23-29-17-18-30-23)26-24(20-10-6-4-7-11-20)21-12-8-5-9-13-21/h4-13,19,23-24,26H,2-3,14-18H2,1H3. The van der Waals surface area contributed by atoms with Crippen LogP contribution < -0.4 is 5.72 Å². The lowest BCUT2D eigenvalue weighted by Crippen LogP contribution is -2.33. The highest BCUT2D eigenvalue weighted by molar-refractivity contribution is 6.54. The third-order valence-corrected chi connectivity index (χ3v) is 5.88. The molecule has 4 rings (SSSR count). The molecule has 0 bridgehead atoms. The molecule has 0 radical (unpaired) electrons. The molecule has 5 heteroatoms. The maximum absolute atomic E-state index is 5.68. The van der Waals surface area contributed by atoms with Gasteiger partial charge in [0.05, 0.1) is 18.9 Å². The van der Waals surface area contributed by atoms with Gasteiger partial charge in [-0.25, -0.2) is 0 Å². The number of hydrogen-bond acceptors (Lipinski definition) is 3. The maximum Gasteiger partial charge on any atom is 0.217 e. The summed E-state index contributed by atoms with van der Waals surface area (Å²) >= 11 is 0. The number of ether oxygens (including phenoxy) is 2. The van der Waals surface area contributed by atoms with Crippen molar-refractivity contribution in [2.24, 2.45) is 0 Å². The molecule has 2 aromatic carbocycles. The summed E-state index contributed by atoms with van der Waals surface area (Å²) in [7, 11) is 0.881. The summed E-state index contributed by atoms with van der Waals surface area (Å²) in [6.45, 7) is 4.53. The smallest absolute Gasteiger partial charge is 0.217 e. The van der Waals surface area contributed by atoms with Gasteiger partial charge < -0.3 is 14.0 Å². The number of nitrogens with zero attached hydrogens (tertiary/aromatic N) is 2. The molecule has 0 N–H and O–H groups in total. The third kappa shape index (κ3) is 5.21. The van der Waals surface area contributed by atoms with E-state index in [4.69, 9.17) is 14.5 Å². The lowest BCUT2D eigenvalue weighted by Gasteiger charge is -2.19. The molecule has 0 saturated carbocycles. The van der Waals surface area contributed by atoms with Crippen LogP contribution in [0.4, 0.5) is 0 Å². The zero-order valence-electron chi connectivity index (χ0n) is 17.9. The molecular formula is C25H31BN2O2. The average Bonchev–Trinajstić information content (AvgIpc) is 3.45. The first-order valence-corrected chi connectivity index (χ1v) is 11.2. The molecule has 1 fully saturated rings. The summed E-state index contributed by atoms with van der Waals surface area (Å²) in [5, 5.41) is 0. The Kier molecular flexibility index (Phi) is 7.38. The second kappa shape index (κ2) is 10.6. The maximum atomic E-state index is 5.68. The summed E-state index contributed by atoms with van der Waals surface area (Å²) in [5.74, 6) is 0.284. The summed E-state index contributed by atoms with van der Waals surface area (Å²) < 4.78 is 13.8. The first-order valence-electron chi connectivity index (χ1n) is 11.2. The molecular weight excluding hydrogens is 371 g/mol. The molecule has 4 nitrogen and oxygen atoms in total. The van der Waals surface area contributed by atoms with E-state index >= 15 is 0 Å². The molecule has 156 valence electrons. The van der Waals surface area contributed by atoms with Gasteiger partial charge in [0.15, 0.2) is 6.29 Å². The van der Waals surface area contributed by atoms with E-state index in [1.165, 1.54) is 29.7 Å². The van der Waals surface area contributed by atoms with Crippen molar-refractivity contribution in [3.63, 3.8) is 0 Å². The molecule has 30 heavy (non-hydrogen) atoms. The fourth-order valence-corrected chi connectivity index (χ4v) is 4.24. The highest BCUT2D eigenvalue weighted by atomic mass is 16.7. The molecule has 1 aliphatic heterocycles. The fourth-order valence-electron chi connectivity index (χ4n) is 4.24. The van der Waals surface area contributed by atoms with Crippen molar-refractivity contribution in [3.05, 3.63) is 83.7 Å². The lowest BCUT2D eigenvalue weighted by atomic mass is 9.58. The number of rotatable bonds is 10. The molecule has 3 aromatic rings. The Labute approximate surface area is 180 Å². The number of aryl methyl sites for hydroxylation is 1. The van der Waals surface area contributed by atoms with Gasteiger partial charge in [-0.1, -0.05) is 74.0 Å². The number of imidazole rings is 1. The van der Waals surface area contributed by atoms with Crippen LogP contribution in [0.5, 0.6) is 0 Å². The minimum atomic E-state index is -0.0849. The molecule has 1 aliphatic rings. The summed E-state index contributed by atoms with van der Waals surface area (Å²) in [4.78, 5) is 4.89. The van der Waals surface area contributed by atoms with E-state index in [0.717, 1.165) is 32.4 Å². The summed E-state index contributed by atoms with van der Waals surface area (Å²) in [6.07, 6.45) is 6.29. The van der Waals surface area contributed by atoms with E-state index in [1.807, 2.05) is 0 Å². The van der Waals surface area contributed by atoms with Crippen molar-refractivity contribution in [2.75, 3.05) is 13.2 Å². The van der Waals surface area contributed by atoms with Crippen molar-refractivity contribution < 1.29 is 9.47 Å². The zero-order chi connectivity index (χ0) is 20.6. The molecule has 0 unspecified atom stereocenters. The van der Waals surface area contributed by atoms with Crippen molar-refractivity contribution in [1.82, 2.24) is 9.55 Å². The number of unbranched alkanes of at least 4 members (excludes halogenated alkanes) is 1. The topological polar surface area (TPSA) is 36.3 Å². The Morgan fingerprint density at radius 3 is 2.23 bits per heavy atom. The van der Waals surface area contributed by atoms with Crippen molar-refractivity contribution in [2.45, 2.75) is 51.3 Å². The first kappa shape index (κ1) is 20.9. The molecule has 1 saturated heterocycles. The van der Waals surface area contributed by atoms with E-state index in [1.54, 1.807) is 0 Å². The molecule has 0 amide bonds. The number of benzene rings is 2. The van der Waals surface area contributed by atoms with Gasteiger partial charge in [0.2, 0.25) is 7.28 Å². The van der Waals surface area contributed by atoms with Gasteiger partial charge in [-0.2, -0.15) is 0 Å². The largest absolute Gasteiger partial charge is 0.350 e. The summed E-state index contributed by atoms with van der Waals surface area (Å²) in [5.41, 5.74) is 5.13. The Balaban J connectivity index is 1.60. The van der Waals surface area contributed by atoms with Gasteiger partial charge in [0, 0.05) is 24.9 Å². The number of hydrogen-bond donors (Lipinski definition) is 0. The second-order valence-electron chi connectivity index (χ2n) is 7.96. The summed E-state index contributed by atoms with van der Waals surface area (Å²) in [6, 6.07) is 21.6. The van der Waals surface area contributed by atoms with E-state index in [2.05, 4.69) is 78.4 Å². The quantitative estimate of drug-likeness (QED) is 0.484. The van der Waals surface area contributed by atoms with Crippen LogP contribution in [0.1, 0.15) is 48.8 Å². The van der Waals surface area contributed by atoms with Gasteiger partial charge in [0.25, 0.3) is 0 Å². The molecule has 0 spiro atoms. The van der Waals surface area contributed by atoms with Crippen LogP contribution in [0.3, 0.4) is 0 Å². The molecule has 2 heterocycles. The van der Waals surface area contributed by atoms with Crippen LogP contribution in [0.2, 0.25) is 0 Å². The third-order valence-electron chi connectivity index (χ3n) is 5.88. The predicted molar refractivity (Wildman–Crippen MR) is 123 cm³/mol. The Hall–Kier alpha value is -2.37. The van der Waals surface area contributed by atoms with Crippen LogP contribution in [0.25, 0.3) is 0 Å². The van der Waals surface area contributed by atoms with Gasteiger partial charge >= 0.3 is 0 Å². The zero-order valence-corrected chi connectivity index (χ0v) is 17.9. The Morgan fingerprint density at radius 1 is 1.00 bits per heavy atom. The Bertz CT molecular complexity index is 853. The number of aromatic nitrogens is 2. The van der Waals surface area contributed by atoms with E-state index in [9.17, 15) is 0 Å². The fraction of sp³-hybridized carbons (Fsp3) is 0.400. The molecule has 0 aliphatic carbocycles. The molecule has 1 aromatic heterocycles. The van der Waals surface area contributed by atoms with Crippen molar-refractivity contribution in [1.29, 1.82) is 0 Å². The minimum absolute atomic E-state index is 0.0849.